The highest BCUT2D eigenvalue weighted by Gasteiger charge is 2.12. The fraction of sp³-hybridized carbons (Fsp3) is 0.0667. The predicted octanol–water partition coefficient (Wildman–Crippen LogP) is 3.41. The predicted molar refractivity (Wildman–Crippen MR) is 71.7 cm³/mol. The monoisotopic (exact) mass is 252 g/mol. The fourth-order valence-corrected chi connectivity index (χ4v) is 1.86. The maximum absolute atomic E-state index is 5.77. The highest BCUT2D eigenvalue weighted by atomic mass is 16.5. The molecular weight excluding hydrogens is 240 g/mol. The van der Waals surface area contributed by atoms with Gasteiger partial charge in [-0.15, -0.1) is 0 Å². The SMILES string of the molecule is COc1ccccc1-c1ncc(-c2cccnc2)o1. The molecule has 0 aliphatic rings. The number of oxazole rings is 1. The largest absolute Gasteiger partial charge is 0.496 e. The van der Waals surface area contributed by atoms with Crippen LogP contribution in [-0.4, -0.2) is 17.1 Å². The van der Waals surface area contributed by atoms with E-state index in [0.717, 1.165) is 16.9 Å². The Morgan fingerprint density at radius 1 is 1.05 bits per heavy atom. The van der Waals surface area contributed by atoms with E-state index in [1.807, 2.05) is 36.4 Å². The Morgan fingerprint density at radius 3 is 2.74 bits per heavy atom. The molecule has 0 amide bonds. The second-order valence-electron chi connectivity index (χ2n) is 3.97. The second kappa shape index (κ2) is 4.94. The van der Waals surface area contributed by atoms with Gasteiger partial charge in [-0.05, 0) is 24.3 Å². The average molecular weight is 252 g/mol. The van der Waals surface area contributed by atoms with Gasteiger partial charge >= 0.3 is 0 Å². The molecule has 0 fully saturated rings. The number of pyridine rings is 1. The van der Waals surface area contributed by atoms with Gasteiger partial charge in [-0.25, -0.2) is 4.98 Å². The zero-order valence-corrected chi connectivity index (χ0v) is 10.4. The lowest BCUT2D eigenvalue weighted by molar-refractivity contribution is 0.414. The standard InChI is InChI=1S/C15H12N2O2/c1-18-13-7-3-2-6-12(13)15-17-10-14(19-15)11-5-4-8-16-9-11/h2-10H,1H3. The number of methoxy groups -OCH3 is 1. The van der Waals surface area contributed by atoms with Gasteiger partial charge in [0.15, 0.2) is 5.76 Å². The van der Waals surface area contributed by atoms with E-state index in [0.29, 0.717) is 11.7 Å². The van der Waals surface area contributed by atoms with Gasteiger partial charge in [0.1, 0.15) is 5.75 Å². The molecule has 0 aliphatic carbocycles. The average Bonchev–Trinajstić information content (AvgIpc) is 2.98. The maximum atomic E-state index is 5.77. The topological polar surface area (TPSA) is 48.2 Å². The summed E-state index contributed by atoms with van der Waals surface area (Å²) in [7, 11) is 1.63. The van der Waals surface area contributed by atoms with Crippen LogP contribution in [0.1, 0.15) is 0 Å². The minimum Gasteiger partial charge on any atom is -0.496 e. The van der Waals surface area contributed by atoms with Crippen molar-refractivity contribution in [2.75, 3.05) is 7.11 Å². The lowest BCUT2D eigenvalue weighted by atomic mass is 10.2. The van der Waals surface area contributed by atoms with Crippen molar-refractivity contribution in [3.05, 3.63) is 55.0 Å². The quantitative estimate of drug-likeness (QED) is 0.716. The van der Waals surface area contributed by atoms with Crippen LogP contribution in [0.4, 0.5) is 0 Å². The van der Waals surface area contributed by atoms with Crippen molar-refractivity contribution in [3.8, 4) is 28.5 Å². The van der Waals surface area contributed by atoms with E-state index in [2.05, 4.69) is 9.97 Å². The van der Waals surface area contributed by atoms with Gasteiger partial charge < -0.3 is 9.15 Å². The molecule has 19 heavy (non-hydrogen) atoms. The lowest BCUT2D eigenvalue weighted by Gasteiger charge is -2.03. The summed E-state index contributed by atoms with van der Waals surface area (Å²) < 4.78 is 11.1. The normalized spacial score (nSPS) is 10.4. The molecule has 0 radical (unpaired) electrons. The minimum absolute atomic E-state index is 0.538. The summed E-state index contributed by atoms with van der Waals surface area (Å²) in [5.74, 6) is 1.97. The van der Waals surface area contributed by atoms with Crippen molar-refractivity contribution < 1.29 is 9.15 Å². The first kappa shape index (κ1) is 11.5. The first-order valence-corrected chi connectivity index (χ1v) is 5.88. The number of benzene rings is 1. The molecule has 0 saturated carbocycles. The van der Waals surface area contributed by atoms with Crippen molar-refractivity contribution in [1.82, 2.24) is 9.97 Å². The number of rotatable bonds is 3. The number of nitrogens with zero attached hydrogens (tertiary/aromatic N) is 2. The first-order chi connectivity index (χ1) is 9.38. The van der Waals surface area contributed by atoms with E-state index in [1.165, 1.54) is 0 Å². The van der Waals surface area contributed by atoms with Gasteiger partial charge in [0.25, 0.3) is 0 Å². The third kappa shape index (κ3) is 2.20. The molecule has 2 heterocycles. The Balaban J connectivity index is 2.02. The second-order valence-corrected chi connectivity index (χ2v) is 3.97. The summed E-state index contributed by atoms with van der Waals surface area (Å²) in [6.45, 7) is 0. The van der Waals surface area contributed by atoms with Gasteiger partial charge in [-0.3, -0.25) is 4.98 Å². The Kier molecular flexibility index (Phi) is 2.98. The van der Waals surface area contributed by atoms with E-state index in [-0.39, 0.29) is 0 Å². The van der Waals surface area contributed by atoms with Crippen molar-refractivity contribution in [3.63, 3.8) is 0 Å². The number of hydrogen-bond donors (Lipinski definition) is 0. The van der Waals surface area contributed by atoms with Crippen LogP contribution in [0.25, 0.3) is 22.8 Å². The van der Waals surface area contributed by atoms with E-state index >= 15 is 0 Å². The van der Waals surface area contributed by atoms with Crippen LogP contribution >= 0.6 is 0 Å². The highest BCUT2D eigenvalue weighted by molar-refractivity contribution is 5.65. The van der Waals surface area contributed by atoms with E-state index in [1.54, 1.807) is 25.7 Å². The summed E-state index contributed by atoms with van der Waals surface area (Å²) in [6, 6.07) is 11.4. The Hall–Kier alpha value is -2.62. The molecule has 4 heteroatoms. The molecule has 0 bridgehead atoms. The van der Waals surface area contributed by atoms with Gasteiger partial charge in [-0.2, -0.15) is 0 Å². The molecule has 0 aliphatic heterocycles. The third-order valence-electron chi connectivity index (χ3n) is 2.79. The summed E-state index contributed by atoms with van der Waals surface area (Å²) in [5.41, 5.74) is 1.73. The van der Waals surface area contributed by atoms with Crippen molar-refractivity contribution in [1.29, 1.82) is 0 Å². The molecule has 0 spiro atoms. The minimum atomic E-state index is 0.538. The van der Waals surface area contributed by atoms with Crippen LogP contribution in [0.3, 0.4) is 0 Å². The molecule has 1 aromatic carbocycles. The molecule has 4 nitrogen and oxygen atoms in total. The molecule has 0 unspecified atom stereocenters. The van der Waals surface area contributed by atoms with Gasteiger partial charge in [0.05, 0.1) is 18.9 Å². The number of para-hydroxylation sites is 1. The molecule has 3 aromatic rings. The zero-order valence-electron chi connectivity index (χ0n) is 10.4. The van der Waals surface area contributed by atoms with Gasteiger partial charge in [0.2, 0.25) is 5.89 Å². The van der Waals surface area contributed by atoms with Crippen LogP contribution in [0, 0.1) is 0 Å². The molecule has 2 aromatic heterocycles. The van der Waals surface area contributed by atoms with Gasteiger partial charge in [0, 0.05) is 18.0 Å². The van der Waals surface area contributed by atoms with E-state index < -0.39 is 0 Å². The summed E-state index contributed by atoms with van der Waals surface area (Å²) >= 11 is 0. The van der Waals surface area contributed by atoms with Crippen molar-refractivity contribution >= 4 is 0 Å². The van der Waals surface area contributed by atoms with Gasteiger partial charge in [-0.1, -0.05) is 12.1 Å². The molecular formula is C15H12N2O2. The maximum Gasteiger partial charge on any atom is 0.230 e. The highest BCUT2D eigenvalue weighted by Crippen LogP contribution is 2.31. The molecule has 3 rings (SSSR count). The zero-order chi connectivity index (χ0) is 13.1. The number of ether oxygens (including phenoxy) is 1. The smallest absolute Gasteiger partial charge is 0.230 e. The summed E-state index contributed by atoms with van der Waals surface area (Å²) in [5, 5.41) is 0. The fourth-order valence-electron chi connectivity index (χ4n) is 1.86. The summed E-state index contributed by atoms with van der Waals surface area (Å²) in [6.07, 6.45) is 5.16. The molecule has 0 atom stereocenters. The lowest BCUT2D eigenvalue weighted by Crippen LogP contribution is -1.86. The van der Waals surface area contributed by atoms with Crippen LogP contribution in [0.2, 0.25) is 0 Å². The van der Waals surface area contributed by atoms with Crippen molar-refractivity contribution in [2.45, 2.75) is 0 Å². The number of aromatic nitrogens is 2. The first-order valence-electron chi connectivity index (χ1n) is 5.88. The van der Waals surface area contributed by atoms with Crippen LogP contribution in [0.5, 0.6) is 5.75 Å². The van der Waals surface area contributed by atoms with E-state index in [4.69, 9.17) is 9.15 Å². The Morgan fingerprint density at radius 2 is 1.95 bits per heavy atom. The molecule has 94 valence electrons. The summed E-state index contributed by atoms with van der Waals surface area (Å²) in [4.78, 5) is 8.36. The van der Waals surface area contributed by atoms with Crippen LogP contribution in [-0.2, 0) is 0 Å². The molecule has 0 N–H and O–H groups in total. The molecule has 0 saturated heterocycles. The van der Waals surface area contributed by atoms with Crippen LogP contribution in [0.15, 0.2) is 59.4 Å². The number of hydrogen-bond acceptors (Lipinski definition) is 4. The van der Waals surface area contributed by atoms with Crippen LogP contribution < -0.4 is 4.74 Å². The Bertz CT molecular complexity index is 677. The van der Waals surface area contributed by atoms with Crippen molar-refractivity contribution in [2.24, 2.45) is 0 Å². The third-order valence-corrected chi connectivity index (χ3v) is 2.79. The Labute approximate surface area is 110 Å². The van der Waals surface area contributed by atoms with E-state index in [9.17, 15) is 0 Å².